The van der Waals surface area contributed by atoms with Gasteiger partial charge < -0.3 is 19.9 Å². The summed E-state index contributed by atoms with van der Waals surface area (Å²) in [7, 11) is 0. The van der Waals surface area contributed by atoms with Crippen LogP contribution in [0.25, 0.3) is 0 Å². The maximum absolute atomic E-state index is 11.8. The van der Waals surface area contributed by atoms with Crippen LogP contribution in [0.3, 0.4) is 0 Å². The molecule has 2 N–H and O–H groups in total. The third-order valence-corrected chi connectivity index (χ3v) is 2.61. The first-order valence-electron chi connectivity index (χ1n) is 6.93. The Morgan fingerprint density at radius 3 is 2.62 bits per heavy atom. The van der Waals surface area contributed by atoms with E-state index in [4.69, 9.17) is 19.9 Å². The molecule has 0 radical (unpaired) electrons. The van der Waals surface area contributed by atoms with Crippen molar-refractivity contribution in [2.75, 3.05) is 25.6 Å². The largest absolute Gasteiger partial charge is 0.481 e. The fourth-order valence-corrected chi connectivity index (χ4v) is 1.55. The van der Waals surface area contributed by atoms with Crippen molar-refractivity contribution in [3.63, 3.8) is 0 Å². The number of rotatable bonds is 8. The monoisotopic (exact) mass is 295 g/mol. The van der Waals surface area contributed by atoms with E-state index in [-0.39, 0.29) is 24.5 Å². The van der Waals surface area contributed by atoms with Crippen LogP contribution in [-0.2, 0) is 14.3 Å². The summed E-state index contributed by atoms with van der Waals surface area (Å²) in [5.74, 6) is -0.774. The molecule has 0 fully saturated rings. The van der Waals surface area contributed by atoms with E-state index < -0.39 is 11.9 Å². The van der Waals surface area contributed by atoms with Crippen LogP contribution in [0.4, 0.5) is 5.69 Å². The molecular formula is C15H21NO5. The summed E-state index contributed by atoms with van der Waals surface area (Å²) in [6, 6.07) is 4.57. The van der Waals surface area contributed by atoms with E-state index in [1.165, 1.54) is 12.1 Å². The molecule has 1 aromatic rings. The highest BCUT2D eigenvalue weighted by atomic mass is 16.6. The fourth-order valence-electron chi connectivity index (χ4n) is 1.55. The summed E-state index contributed by atoms with van der Waals surface area (Å²) in [5, 5.41) is 0. The minimum Gasteiger partial charge on any atom is -0.481 e. The molecular weight excluding hydrogens is 274 g/mol. The van der Waals surface area contributed by atoms with Gasteiger partial charge in [-0.05, 0) is 31.5 Å². The summed E-state index contributed by atoms with van der Waals surface area (Å²) in [6.45, 7) is 4.05. The van der Waals surface area contributed by atoms with Crippen LogP contribution in [0.1, 0.15) is 37.0 Å². The smallest absolute Gasteiger partial charge is 0.344 e. The minimum absolute atomic E-state index is 0.193. The first kappa shape index (κ1) is 16.8. The Hall–Kier alpha value is -2.24. The highest BCUT2D eigenvalue weighted by Crippen LogP contribution is 2.22. The lowest BCUT2D eigenvalue weighted by atomic mass is 10.2. The van der Waals surface area contributed by atoms with E-state index in [2.05, 4.69) is 0 Å². The summed E-state index contributed by atoms with van der Waals surface area (Å²) in [6.07, 6.45) is 1.75. The van der Waals surface area contributed by atoms with Gasteiger partial charge in [-0.2, -0.15) is 0 Å². The van der Waals surface area contributed by atoms with Gasteiger partial charge in [0, 0.05) is 5.69 Å². The van der Waals surface area contributed by atoms with E-state index in [1.54, 1.807) is 13.0 Å². The van der Waals surface area contributed by atoms with Crippen LogP contribution >= 0.6 is 0 Å². The van der Waals surface area contributed by atoms with Crippen LogP contribution in [0.2, 0.25) is 0 Å². The van der Waals surface area contributed by atoms with Gasteiger partial charge in [0.1, 0.15) is 11.3 Å². The molecule has 0 aliphatic carbocycles. The van der Waals surface area contributed by atoms with Crippen LogP contribution in [0, 0.1) is 0 Å². The molecule has 0 unspecified atom stereocenters. The van der Waals surface area contributed by atoms with Crippen LogP contribution in [0.15, 0.2) is 18.2 Å². The number of unbranched alkanes of at least 4 members (excludes halogenated alkanes) is 1. The molecule has 0 spiro atoms. The number of anilines is 1. The average Bonchev–Trinajstić information content (AvgIpc) is 2.46. The number of hydrogen-bond acceptors (Lipinski definition) is 6. The van der Waals surface area contributed by atoms with Crippen LogP contribution in [0.5, 0.6) is 5.75 Å². The number of nitrogen functional groups attached to an aromatic ring is 1. The van der Waals surface area contributed by atoms with Gasteiger partial charge >= 0.3 is 11.9 Å². The predicted octanol–water partition coefficient (Wildman–Crippen LogP) is 2.17. The van der Waals surface area contributed by atoms with Crippen LogP contribution in [-0.4, -0.2) is 31.8 Å². The number of esters is 2. The molecule has 0 heterocycles. The summed E-state index contributed by atoms with van der Waals surface area (Å²) in [5.41, 5.74) is 6.25. The lowest BCUT2D eigenvalue weighted by Gasteiger charge is -2.11. The molecule has 6 nitrogen and oxygen atoms in total. The first-order chi connectivity index (χ1) is 10.1. The number of nitrogens with two attached hydrogens (primary N) is 1. The van der Waals surface area contributed by atoms with Gasteiger partial charge in [-0.15, -0.1) is 0 Å². The van der Waals surface area contributed by atoms with Gasteiger partial charge in [-0.3, -0.25) is 0 Å². The second-order valence-electron chi connectivity index (χ2n) is 4.34. The zero-order chi connectivity index (χ0) is 15.7. The Morgan fingerprint density at radius 2 is 1.95 bits per heavy atom. The van der Waals surface area contributed by atoms with E-state index in [0.29, 0.717) is 12.3 Å². The minimum atomic E-state index is -0.542. The topological polar surface area (TPSA) is 87.9 Å². The van der Waals surface area contributed by atoms with Gasteiger partial charge in [-0.25, -0.2) is 9.59 Å². The zero-order valence-electron chi connectivity index (χ0n) is 12.4. The number of hydrogen-bond donors (Lipinski definition) is 1. The van der Waals surface area contributed by atoms with Crippen molar-refractivity contribution in [2.24, 2.45) is 0 Å². The number of benzene rings is 1. The molecule has 0 saturated carbocycles. The zero-order valence-corrected chi connectivity index (χ0v) is 12.4. The van der Waals surface area contributed by atoms with E-state index >= 15 is 0 Å². The second kappa shape index (κ2) is 8.84. The van der Waals surface area contributed by atoms with Gasteiger partial charge in [0.25, 0.3) is 0 Å². The third-order valence-electron chi connectivity index (χ3n) is 2.61. The van der Waals surface area contributed by atoms with Crippen molar-refractivity contribution in [3.05, 3.63) is 23.8 Å². The molecule has 0 saturated heterocycles. The average molecular weight is 295 g/mol. The maximum Gasteiger partial charge on any atom is 0.344 e. The second-order valence-corrected chi connectivity index (χ2v) is 4.34. The Morgan fingerprint density at radius 1 is 1.19 bits per heavy atom. The quantitative estimate of drug-likeness (QED) is 0.449. The van der Waals surface area contributed by atoms with Crippen molar-refractivity contribution in [2.45, 2.75) is 26.7 Å². The van der Waals surface area contributed by atoms with Gasteiger partial charge in [0.05, 0.1) is 13.2 Å². The van der Waals surface area contributed by atoms with Crippen molar-refractivity contribution < 1.29 is 23.8 Å². The van der Waals surface area contributed by atoms with Gasteiger partial charge in [0.15, 0.2) is 6.61 Å². The van der Waals surface area contributed by atoms with Crippen molar-refractivity contribution in [3.8, 4) is 5.75 Å². The molecule has 0 amide bonds. The van der Waals surface area contributed by atoms with Gasteiger partial charge in [0.2, 0.25) is 0 Å². The number of ether oxygens (including phenoxy) is 3. The Bertz CT molecular complexity index is 487. The molecule has 0 atom stereocenters. The molecule has 6 heteroatoms. The summed E-state index contributed by atoms with van der Waals surface area (Å²) in [4.78, 5) is 23.3. The molecule has 0 bridgehead atoms. The fraction of sp³-hybridized carbons (Fsp3) is 0.467. The number of carbonyl (C=O) groups excluding carboxylic acids is 2. The molecule has 0 aliphatic heterocycles. The standard InChI is InChI=1S/C15H21NO5/c1-3-5-8-20-14(17)10-21-13-7-6-11(16)9-12(13)15(18)19-4-2/h6-7,9H,3-5,8,10,16H2,1-2H3. The van der Waals surface area contributed by atoms with Crippen molar-refractivity contribution in [1.29, 1.82) is 0 Å². The molecule has 1 aromatic carbocycles. The molecule has 0 aliphatic rings. The molecule has 1 rings (SSSR count). The lowest BCUT2D eigenvalue weighted by molar-refractivity contribution is -0.146. The van der Waals surface area contributed by atoms with E-state index in [0.717, 1.165) is 12.8 Å². The van der Waals surface area contributed by atoms with Gasteiger partial charge in [-0.1, -0.05) is 13.3 Å². The van der Waals surface area contributed by atoms with Crippen molar-refractivity contribution in [1.82, 2.24) is 0 Å². The normalized spacial score (nSPS) is 10.0. The van der Waals surface area contributed by atoms with E-state index in [9.17, 15) is 9.59 Å². The molecule has 0 aromatic heterocycles. The Kier molecular flexibility index (Phi) is 7.08. The summed E-state index contributed by atoms with van der Waals surface area (Å²) >= 11 is 0. The van der Waals surface area contributed by atoms with Crippen molar-refractivity contribution >= 4 is 17.6 Å². The van der Waals surface area contributed by atoms with E-state index in [1.807, 2.05) is 6.92 Å². The highest BCUT2D eigenvalue weighted by molar-refractivity contribution is 5.93. The lowest BCUT2D eigenvalue weighted by Crippen LogP contribution is -2.17. The maximum atomic E-state index is 11.8. The third kappa shape index (κ3) is 5.72. The Labute approximate surface area is 124 Å². The first-order valence-corrected chi connectivity index (χ1v) is 6.93. The number of carbonyl (C=O) groups is 2. The summed E-state index contributed by atoms with van der Waals surface area (Å²) < 4.78 is 15.2. The Balaban J connectivity index is 2.65. The SMILES string of the molecule is CCCCOC(=O)COc1ccc(N)cc1C(=O)OCC. The molecule has 21 heavy (non-hydrogen) atoms. The van der Waals surface area contributed by atoms with Crippen LogP contribution < -0.4 is 10.5 Å². The predicted molar refractivity (Wildman–Crippen MR) is 78.2 cm³/mol. The highest BCUT2D eigenvalue weighted by Gasteiger charge is 2.15. The molecule has 116 valence electrons.